The van der Waals surface area contributed by atoms with E-state index in [-0.39, 0.29) is 11.9 Å². The summed E-state index contributed by atoms with van der Waals surface area (Å²) in [7, 11) is 0. The second-order valence-corrected chi connectivity index (χ2v) is 8.20. The maximum atomic E-state index is 13.1. The van der Waals surface area contributed by atoms with Gasteiger partial charge in [-0.25, -0.2) is 0 Å². The van der Waals surface area contributed by atoms with E-state index >= 15 is 0 Å². The third-order valence-electron chi connectivity index (χ3n) is 5.40. The summed E-state index contributed by atoms with van der Waals surface area (Å²) in [6.45, 7) is 1.90. The van der Waals surface area contributed by atoms with Gasteiger partial charge in [0, 0.05) is 12.2 Å². The molecule has 0 N–H and O–H groups in total. The van der Waals surface area contributed by atoms with Gasteiger partial charge in [0.25, 0.3) is 0 Å². The Kier molecular flexibility index (Phi) is 5.31. The summed E-state index contributed by atoms with van der Waals surface area (Å²) in [5, 5.41) is 8.92. The van der Waals surface area contributed by atoms with Crippen LogP contribution in [0.1, 0.15) is 24.4 Å². The third-order valence-corrected chi connectivity index (χ3v) is 6.33. The van der Waals surface area contributed by atoms with Crippen LogP contribution in [0.4, 0.5) is 0 Å². The summed E-state index contributed by atoms with van der Waals surface area (Å²) in [5.74, 6) is 1.98. The lowest BCUT2D eigenvalue weighted by molar-refractivity contribution is -0.129. The van der Waals surface area contributed by atoms with Gasteiger partial charge in [-0.2, -0.15) is 0 Å². The molecule has 3 heterocycles. The molecule has 7 nitrogen and oxygen atoms in total. The van der Waals surface area contributed by atoms with E-state index in [1.807, 2.05) is 58.0 Å². The molecule has 1 unspecified atom stereocenters. The van der Waals surface area contributed by atoms with Gasteiger partial charge in [-0.3, -0.25) is 9.36 Å². The summed E-state index contributed by atoms with van der Waals surface area (Å²) in [4.78, 5) is 15.0. The van der Waals surface area contributed by atoms with E-state index in [1.54, 1.807) is 6.33 Å². The van der Waals surface area contributed by atoms with Crippen LogP contribution < -0.4 is 9.47 Å². The fraction of sp³-hybridized carbons (Fsp3) is 0.318. The molecule has 0 aliphatic carbocycles. The van der Waals surface area contributed by atoms with Gasteiger partial charge < -0.3 is 14.4 Å². The minimum absolute atomic E-state index is 0.0703. The molecule has 0 saturated carbocycles. The lowest BCUT2D eigenvalue weighted by Crippen LogP contribution is -2.32. The molecule has 1 saturated heterocycles. The molecule has 154 valence electrons. The van der Waals surface area contributed by atoms with Gasteiger partial charge in [0.05, 0.1) is 11.8 Å². The van der Waals surface area contributed by atoms with Crippen molar-refractivity contribution in [1.29, 1.82) is 0 Å². The van der Waals surface area contributed by atoms with Crippen molar-refractivity contribution >= 4 is 17.7 Å². The van der Waals surface area contributed by atoms with E-state index < -0.39 is 0 Å². The number of aromatic nitrogens is 3. The Bertz CT molecular complexity index is 1040. The molecule has 2 aliphatic rings. The monoisotopic (exact) mass is 422 g/mol. The van der Waals surface area contributed by atoms with Crippen molar-refractivity contribution in [3.8, 4) is 17.2 Å². The molecule has 1 aromatic heterocycles. The first kappa shape index (κ1) is 19.0. The number of benzene rings is 2. The van der Waals surface area contributed by atoms with E-state index in [4.69, 9.17) is 9.47 Å². The Morgan fingerprint density at radius 3 is 2.80 bits per heavy atom. The van der Waals surface area contributed by atoms with Crippen LogP contribution in [-0.2, 0) is 4.79 Å². The maximum Gasteiger partial charge on any atom is 0.233 e. The summed E-state index contributed by atoms with van der Waals surface area (Å²) >= 11 is 1.42. The highest BCUT2D eigenvalue weighted by Crippen LogP contribution is 2.38. The minimum Gasteiger partial charge on any atom is -0.486 e. The Balaban J connectivity index is 1.28. The zero-order valence-corrected chi connectivity index (χ0v) is 17.3. The van der Waals surface area contributed by atoms with Crippen molar-refractivity contribution in [2.45, 2.75) is 24.0 Å². The smallest absolute Gasteiger partial charge is 0.233 e. The first-order valence-corrected chi connectivity index (χ1v) is 11.1. The number of carbonyl (C=O) groups is 1. The van der Waals surface area contributed by atoms with Crippen molar-refractivity contribution in [3.63, 3.8) is 0 Å². The number of para-hydroxylation sites is 1. The Hall–Kier alpha value is -3.00. The number of hydrogen-bond donors (Lipinski definition) is 0. The highest BCUT2D eigenvalue weighted by molar-refractivity contribution is 7.99. The zero-order chi connectivity index (χ0) is 20.3. The number of amides is 1. The molecule has 1 amide bonds. The molecule has 0 radical (unpaired) electrons. The van der Waals surface area contributed by atoms with Crippen molar-refractivity contribution in [2.75, 3.05) is 25.5 Å². The second-order valence-electron chi connectivity index (χ2n) is 7.26. The van der Waals surface area contributed by atoms with E-state index in [0.29, 0.717) is 24.1 Å². The number of likely N-dealkylation sites (tertiary alicyclic amines) is 1. The number of ether oxygens (including phenoxy) is 2. The summed E-state index contributed by atoms with van der Waals surface area (Å²) in [6, 6.07) is 16.0. The number of nitrogens with zero attached hydrogens (tertiary/aromatic N) is 4. The van der Waals surface area contributed by atoms with Gasteiger partial charge in [0.15, 0.2) is 16.7 Å². The molecule has 1 atom stereocenters. The predicted octanol–water partition coefficient (Wildman–Crippen LogP) is 3.49. The van der Waals surface area contributed by atoms with Gasteiger partial charge in [0.2, 0.25) is 5.91 Å². The normalized spacial score (nSPS) is 17.9. The fourth-order valence-electron chi connectivity index (χ4n) is 3.98. The molecule has 3 aromatic rings. The standard InChI is InChI=1S/C22H22N4O3S/c27-21(14-30-22-24-23-15-26(22)17-5-2-1-3-6-17)25-10-4-7-18(25)16-8-9-19-20(13-16)29-12-11-28-19/h1-3,5-6,8-9,13,15,18H,4,7,10-12,14H2. The first-order valence-electron chi connectivity index (χ1n) is 10.1. The number of carbonyl (C=O) groups excluding carboxylic acids is 1. The lowest BCUT2D eigenvalue weighted by atomic mass is 10.0. The summed E-state index contributed by atoms with van der Waals surface area (Å²) in [5.41, 5.74) is 2.08. The van der Waals surface area contributed by atoms with Crippen LogP contribution in [0.5, 0.6) is 11.5 Å². The van der Waals surface area contributed by atoms with E-state index in [1.165, 1.54) is 11.8 Å². The molecule has 30 heavy (non-hydrogen) atoms. The van der Waals surface area contributed by atoms with Crippen molar-refractivity contribution in [3.05, 3.63) is 60.4 Å². The molecule has 2 aliphatic heterocycles. The quantitative estimate of drug-likeness (QED) is 0.586. The molecular formula is C22H22N4O3S. The number of fused-ring (bicyclic) bond motifs is 1. The second kappa shape index (κ2) is 8.39. The average Bonchev–Trinajstić information content (AvgIpc) is 3.47. The molecule has 2 aromatic carbocycles. The highest BCUT2D eigenvalue weighted by Gasteiger charge is 2.31. The van der Waals surface area contributed by atoms with Crippen LogP contribution in [0.25, 0.3) is 5.69 Å². The number of rotatable bonds is 5. The van der Waals surface area contributed by atoms with Gasteiger partial charge in [-0.15, -0.1) is 10.2 Å². The topological polar surface area (TPSA) is 69.5 Å². The van der Waals surface area contributed by atoms with Crippen LogP contribution in [0, 0.1) is 0 Å². The van der Waals surface area contributed by atoms with E-state index in [9.17, 15) is 4.79 Å². The van der Waals surface area contributed by atoms with Gasteiger partial charge in [-0.05, 0) is 42.7 Å². The zero-order valence-electron chi connectivity index (χ0n) is 16.4. The van der Waals surface area contributed by atoms with Crippen molar-refractivity contribution < 1.29 is 14.3 Å². The minimum atomic E-state index is 0.0703. The van der Waals surface area contributed by atoms with Crippen LogP contribution in [-0.4, -0.2) is 51.1 Å². The third kappa shape index (κ3) is 3.75. The molecule has 1 fully saturated rings. The maximum absolute atomic E-state index is 13.1. The van der Waals surface area contributed by atoms with Gasteiger partial charge in [-0.1, -0.05) is 36.0 Å². The van der Waals surface area contributed by atoms with E-state index in [0.717, 1.165) is 42.1 Å². The molecule has 0 spiro atoms. The number of thioether (sulfide) groups is 1. The van der Waals surface area contributed by atoms with Crippen LogP contribution in [0.3, 0.4) is 0 Å². The van der Waals surface area contributed by atoms with Crippen LogP contribution in [0.15, 0.2) is 60.0 Å². The van der Waals surface area contributed by atoms with Gasteiger partial charge in [0.1, 0.15) is 19.5 Å². The highest BCUT2D eigenvalue weighted by atomic mass is 32.2. The van der Waals surface area contributed by atoms with Crippen molar-refractivity contribution in [2.24, 2.45) is 0 Å². The Morgan fingerprint density at radius 2 is 1.93 bits per heavy atom. The summed E-state index contributed by atoms with van der Waals surface area (Å²) in [6.07, 6.45) is 3.63. The van der Waals surface area contributed by atoms with Crippen molar-refractivity contribution in [1.82, 2.24) is 19.7 Å². The average molecular weight is 423 g/mol. The molecule has 5 rings (SSSR count). The summed E-state index contributed by atoms with van der Waals surface area (Å²) < 4.78 is 13.2. The lowest BCUT2D eigenvalue weighted by Gasteiger charge is -2.26. The molecular weight excluding hydrogens is 400 g/mol. The fourth-order valence-corrected chi connectivity index (χ4v) is 4.79. The predicted molar refractivity (Wildman–Crippen MR) is 113 cm³/mol. The largest absolute Gasteiger partial charge is 0.486 e. The van der Waals surface area contributed by atoms with Gasteiger partial charge >= 0.3 is 0 Å². The van der Waals surface area contributed by atoms with E-state index in [2.05, 4.69) is 10.2 Å². The Morgan fingerprint density at radius 1 is 1.10 bits per heavy atom. The van der Waals surface area contributed by atoms with Crippen LogP contribution in [0.2, 0.25) is 0 Å². The Labute approximate surface area is 179 Å². The molecule has 8 heteroatoms. The first-order chi connectivity index (χ1) is 14.8. The number of hydrogen-bond acceptors (Lipinski definition) is 6. The SMILES string of the molecule is O=C(CSc1nncn1-c1ccccc1)N1CCCC1c1ccc2c(c1)OCCO2. The van der Waals surface area contributed by atoms with Crippen LogP contribution >= 0.6 is 11.8 Å². The molecule has 0 bridgehead atoms.